The zero-order valence-electron chi connectivity index (χ0n) is 16.9. The minimum absolute atomic E-state index is 0.0122. The van der Waals surface area contributed by atoms with E-state index in [0.717, 1.165) is 31.2 Å². The third-order valence-corrected chi connectivity index (χ3v) is 5.81. The van der Waals surface area contributed by atoms with Gasteiger partial charge in [-0.25, -0.2) is 0 Å². The number of hydrogen-bond donors (Lipinski definition) is 1. The summed E-state index contributed by atoms with van der Waals surface area (Å²) >= 11 is 0. The maximum Gasteiger partial charge on any atom is 0.308 e. The summed E-state index contributed by atoms with van der Waals surface area (Å²) in [6, 6.07) is 9.27. The maximum absolute atomic E-state index is 12.4. The van der Waals surface area contributed by atoms with Crippen molar-refractivity contribution in [3.8, 4) is 0 Å². The maximum atomic E-state index is 12.4. The Morgan fingerprint density at radius 1 is 1.07 bits per heavy atom. The van der Waals surface area contributed by atoms with E-state index >= 15 is 0 Å². The molecule has 7 nitrogen and oxygen atoms in total. The minimum atomic E-state index is -0.957. The fourth-order valence-corrected chi connectivity index (χ4v) is 4.12. The average Bonchev–Trinajstić information content (AvgIpc) is 2.97. The lowest BCUT2D eigenvalue weighted by Crippen LogP contribution is -2.38. The summed E-state index contributed by atoms with van der Waals surface area (Å²) < 4.78 is 5.20. The van der Waals surface area contributed by atoms with Crippen molar-refractivity contribution < 1.29 is 23.9 Å². The van der Waals surface area contributed by atoms with Gasteiger partial charge in [-0.1, -0.05) is 43.2 Å². The topological polar surface area (TPSA) is 92.8 Å². The Kier molecular flexibility index (Phi) is 6.67. The van der Waals surface area contributed by atoms with Gasteiger partial charge < -0.3 is 10.1 Å². The molecule has 4 atom stereocenters. The van der Waals surface area contributed by atoms with E-state index in [1.165, 1.54) is 11.8 Å². The zero-order valence-corrected chi connectivity index (χ0v) is 16.9. The van der Waals surface area contributed by atoms with Gasteiger partial charge in [0.05, 0.1) is 24.3 Å². The molecule has 156 valence electrons. The molecule has 3 amide bonds. The van der Waals surface area contributed by atoms with Gasteiger partial charge in [0.25, 0.3) is 5.91 Å². The number of imide groups is 1. The van der Waals surface area contributed by atoms with Crippen molar-refractivity contribution in [2.24, 2.45) is 11.8 Å². The number of nitrogens with zero attached hydrogens (tertiary/aromatic N) is 1. The van der Waals surface area contributed by atoms with Crippen molar-refractivity contribution in [2.75, 3.05) is 6.54 Å². The quantitative estimate of drug-likeness (QED) is 0.560. The second kappa shape index (κ2) is 9.20. The lowest BCUT2D eigenvalue weighted by molar-refractivity contribution is -0.155. The Balaban J connectivity index is 1.46. The van der Waals surface area contributed by atoms with Gasteiger partial charge in [-0.05, 0) is 32.3 Å². The van der Waals surface area contributed by atoms with Crippen LogP contribution in [0.5, 0.6) is 0 Å². The number of hydrogen-bond acceptors (Lipinski definition) is 5. The Hall–Kier alpha value is -2.70. The molecule has 1 aliphatic carbocycles. The number of carbonyl (C=O) groups excluding carboxylic acids is 4. The van der Waals surface area contributed by atoms with Crippen molar-refractivity contribution in [1.29, 1.82) is 0 Å². The van der Waals surface area contributed by atoms with Crippen LogP contribution in [0.3, 0.4) is 0 Å². The molecule has 1 saturated carbocycles. The van der Waals surface area contributed by atoms with Gasteiger partial charge in [0.2, 0.25) is 11.8 Å². The molecule has 2 fully saturated rings. The van der Waals surface area contributed by atoms with Crippen molar-refractivity contribution in [3.05, 3.63) is 35.9 Å². The number of esters is 1. The van der Waals surface area contributed by atoms with Crippen LogP contribution >= 0.6 is 0 Å². The first-order chi connectivity index (χ1) is 13.9. The highest BCUT2D eigenvalue weighted by atomic mass is 16.5. The molecule has 3 rings (SSSR count). The fourth-order valence-electron chi connectivity index (χ4n) is 4.12. The molecule has 29 heavy (non-hydrogen) atoms. The normalized spacial score (nSPS) is 23.3. The third-order valence-electron chi connectivity index (χ3n) is 5.81. The molecule has 1 N–H and O–H groups in total. The molecular weight excluding hydrogens is 372 g/mol. The number of ether oxygens (including phenoxy) is 1. The SMILES string of the molecule is C[C@H](NC(=O)[C@@H](C)OC(=O)CCN1C(=O)[C@H]2CCCC[C@H]2C1=O)c1ccccc1. The highest BCUT2D eigenvalue weighted by Gasteiger charge is 2.47. The van der Waals surface area contributed by atoms with E-state index in [4.69, 9.17) is 4.74 Å². The molecule has 0 unspecified atom stereocenters. The number of nitrogens with one attached hydrogen (secondary N) is 1. The van der Waals surface area contributed by atoms with E-state index in [-0.39, 0.29) is 42.7 Å². The summed E-state index contributed by atoms with van der Waals surface area (Å²) in [7, 11) is 0. The van der Waals surface area contributed by atoms with Gasteiger partial charge in [-0.2, -0.15) is 0 Å². The highest BCUT2D eigenvalue weighted by molar-refractivity contribution is 6.05. The van der Waals surface area contributed by atoms with Gasteiger partial charge >= 0.3 is 5.97 Å². The average molecular weight is 400 g/mol. The highest BCUT2D eigenvalue weighted by Crippen LogP contribution is 2.37. The second-order valence-corrected chi connectivity index (χ2v) is 7.85. The van der Waals surface area contributed by atoms with Crippen LogP contribution in [-0.4, -0.2) is 41.2 Å². The van der Waals surface area contributed by atoms with Crippen LogP contribution < -0.4 is 5.32 Å². The van der Waals surface area contributed by atoms with Crippen LogP contribution in [0.4, 0.5) is 0 Å². The number of benzene rings is 1. The Morgan fingerprint density at radius 3 is 2.24 bits per heavy atom. The van der Waals surface area contributed by atoms with Crippen LogP contribution in [0, 0.1) is 11.8 Å². The molecule has 1 aromatic rings. The van der Waals surface area contributed by atoms with Crippen molar-refractivity contribution >= 4 is 23.7 Å². The Bertz CT molecular complexity index is 755. The molecule has 1 saturated heterocycles. The molecule has 0 aromatic heterocycles. The summed E-state index contributed by atoms with van der Waals surface area (Å²) in [4.78, 5) is 50.5. The predicted octanol–water partition coefficient (Wildman–Crippen LogP) is 2.36. The molecule has 1 heterocycles. The predicted molar refractivity (Wildman–Crippen MR) is 105 cm³/mol. The standard InChI is InChI=1S/C22H28N2O5/c1-14(16-8-4-3-5-9-16)23-20(26)15(2)29-19(25)12-13-24-21(27)17-10-6-7-11-18(17)22(24)28/h3-5,8-9,14-15,17-18H,6-7,10-13H2,1-2H3,(H,23,26)/t14-,15+,17-,18+/m0/s1. The van der Waals surface area contributed by atoms with Gasteiger partial charge in [0.1, 0.15) is 0 Å². The fraction of sp³-hybridized carbons (Fsp3) is 0.545. The molecule has 7 heteroatoms. The minimum Gasteiger partial charge on any atom is -0.452 e. The van der Waals surface area contributed by atoms with Gasteiger partial charge in [-0.15, -0.1) is 0 Å². The van der Waals surface area contributed by atoms with Crippen molar-refractivity contribution in [3.63, 3.8) is 0 Å². The van der Waals surface area contributed by atoms with Crippen molar-refractivity contribution in [1.82, 2.24) is 10.2 Å². The molecule has 1 aromatic carbocycles. The van der Waals surface area contributed by atoms with Crippen LogP contribution in [0.1, 0.15) is 57.6 Å². The summed E-state index contributed by atoms with van der Waals surface area (Å²) in [5.74, 6) is -1.79. The number of fused-ring (bicyclic) bond motifs is 1. The summed E-state index contributed by atoms with van der Waals surface area (Å²) in [5.41, 5.74) is 0.951. The summed E-state index contributed by atoms with van der Waals surface area (Å²) in [6.07, 6.45) is 2.35. The Labute approximate surface area is 170 Å². The number of carbonyl (C=O) groups is 4. The Morgan fingerprint density at radius 2 is 1.66 bits per heavy atom. The van der Waals surface area contributed by atoms with Crippen LogP contribution in [0.2, 0.25) is 0 Å². The summed E-state index contributed by atoms with van der Waals surface area (Å²) in [6.45, 7) is 3.37. The largest absolute Gasteiger partial charge is 0.452 e. The van der Waals surface area contributed by atoms with E-state index in [1.54, 1.807) is 0 Å². The molecule has 0 spiro atoms. The van der Waals surface area contributed by atoms with Crippen molar-refractivity contribution in [2.45, 2.75) is 58.1 Å². The summed E-state index contributed by atoms with van der Waals surface area (Å²) in [5, 5.41) is 2.81. The molecule has 1 aliphatic heterocycles. The molecule has 0 bridgehead atoms. The van der Waals surface area contributed by atoms with Crippen LogP contribution in [0.25, 0.3) is 0 Å². The van der Waals surface area contributed by atoms with Crippen LogP contribution in [-0.2, 0) is 23.9 Å². The van der Waals surface area contributed by atoms with Gasteiger partial charge in [0, 0.05) is 6.54 Å². The first kappa shape index (κ1) is 21.0. The van der Waals surface area contributed by atoms with E-state index < -0.39 is 18.0 Å². The number of rotatable bonds is 7. The van der Waals surface area contributed by atoms with Crippen LogP contribution in [0.15, 0.2) is 30.3 Å². The molecular formula is C22H28N2O5. The second-order valence-electron chi connectivity index (χ2n) is 7.85. The zero-order chi connectivity index (χ0) is 21.0. The van der Waals surface area contributed by atoms with E-state index in [9.17, 15) is 19.2 Å². The number of amides is 3. The lowest BCUT2D eigenvalue weighted by atomic mass is 9.81. The van der Waals surface area contributed by atoms with E-state index in [0.29, 0.717) is 0 Å². The van der Waals surface area contributed by atoms with Gasteiger partial charge in [-0.3, -0.25) is 24.1 Å². The first-order valence-electron chi connectivity index (χ1n) is 10.3. The monoisotopic (exact) mass is 400 g/mol. The lowest BCUT2D eigenvalue weighted by Gasteiger charge is -2.19. The number of likely N-dealkylation sites (tertiary alicyclic amines) is 1. The smallest absolute Gasteiger partial charge is 0.308 e. The first-order valence-corrected chi connectivity index (χ1v) is 10.3. The van der Waals surface area contributed by atoms with E-state index in [1.807, 2.05) is 37.3 Å². The van der Waals surface area contributed by atoms with E-state index in [2.05, 4.69) is 5.32 Å². The third kappa shape index (κ3) is 4.83. The van der Waals surface area contributed by atoms with Gasteiger partial charge in [0.15, 0.2) is 6.10 Å². The molecule has 2 aliphatic rings. The molecule has 0 radical (unpaired) electrons.